The highest BCUT2D eigenvalue weighted by Crippen LogP contribution is 2.34. The molecule has 0 aliphatic carbocycles. The van der Waals surface area contributed by atoms with E-state index in [2.05, 4.69) is 20.9 Å². The average Bonchev–Trinajstić information content (AvgIpc) is 2.16. The number of aromatic nitrogens is 1. The van der Waals surface area contributed by atoms with Crippen LogP contribution in [0.25, 0.3) is 0 Å². The van der Waals surface area contributed by atoms with Gasteiger partial charge in [-0.05, 0) is 25.8 Å². The third-order valence-electron chi connectivity index (χ3n) is 1.66. The van der Waals surface area contributed by atoms with Crippen LogP contribution in [0.1, 0.15) is 17.6 Å². The van der Waals surface area contributed by atoms with Crippen molar-refractivity contribution < 1.29 is 13.7 Å². The molecule has 0 atom stereocenters. The van der Waals surface area contributed by atoms with Crippen molar-refractivity contribution in [2.45, 2.75) is 12.3 Å². The summed E-state index contributed by atoms with van der Waals surface area (Å²) in [6.45, 7) is 0. The van der Waals surface area contributed by atoms with Crippen molar-refractivity contribution in [3.8, 4) is 0 Å². The molecule has 0 aliphatic heterocycles. The van der Waals surface area contributed by atoms with E-state index in [0.717, 1.165) is 6.20 Å². The molecule has 0 bridgehead atoms. The van der Waals surface area contributed by atoms with Gasteiger partial charge in [0.1, 0.15) is 6.20 Å². The van der Waals surface area contributed by atoms with Crippen LogP contribution in [0.3, 0.4) is 0 Å². The predicted octanol–water partition coefficient (Wildman–Crippen LogP) is 3.43. The van der Waals surface area contributed by atoms with E-state index in [0.29, 0.717) is 0 Å². The van der Waals surface area contributed by atoms with Gasteiger partial charge in [-0.15, -0.1) is 11.6 Å². The maximum Gasteiger partial charge on any atom is 0.369 e. The average molecular weight is 301 g/mol. The lowest BCUT2D eigenvalue weighted by molar-refractivity contribution is -0.390. The van der Waals surface area contributed by atoms with Gasteiger partial charge in [0, 0.05) is 4.47 Å². The molecule has 0 fully saturated rings. The van der Waals surface area contributed by atoms with Crippen LogP contribution in [0.2, 0.25) is 0 Å². The molecule has 8 heteroatoms. The fourth-order valence-corrected chi connectivity index (χ4v) is 1.97. The highest BCUT2D eigenvalue weighted by Gasteiger charge is 2.24. The van der Waals surface area contributed by atoms with Crippen LogP contribution < -0.4 is 0 Å². The molecule has 0 saturated carbocycles. The van der Waals surface area contributed by atoms with Crippen molar-refractivity contribution in [3.05, 3.63) is 31.9 Å². The van der Waals surface area contributed by atoms with Gasteiger partial charge in [-0.2, -0.15) is 0 Å². The largest absolute Gasteiger partial charge is 0.369 e. The van der Waals surface area contributed by atoms with E-state index in [1.54, 1.807) is 0 Å². The predicted molar refractivity (Wildman–Crippen MR) is 53.1 cm³/mol. The first-order valence-corrected chi connectivity index (χ1v) is 4.97. The molecule has 1 rings (SSSR count). The number of rotatable bonds is 3. The van der Waals surface area contributed by atoms with Crippen LogP contribution in [0.15, 0.2) is 10.7 Å². The zero-order valence-electron chi connectivity index (χ0n) is 7.08. The van der Waals surface area contributed by atoms with Gasteiger partial charge in [0.2, 0.25) is 0 Å². The molecule has 1 aromatic rings. The zero-order chi connectivity index (χ0) is 11.6. The Labute approximate surface area is 96.5 Å². The van der Waals surface area contributed by atoms with Crippen molar-refractivity contribution in [1.29, 1.82) is 0 Å². The lowest BCUT2D eigenvalue weighted by Gasteiger charge is -2.05. The molecule has 1 heterocycles. The minimum absolute atomic E-state index is 0.0422. The van der Waals surface area contributed by atoms with E-state index in [-0.39, 0.29) is 15.9 Å². The third kappa shape index (κ3) is 2.40. The first-order chi connectivity index (χ1) is 6.99. The molecule has 0 aromatic carbocycles. The molecular formula is C7H4BrClF2N2O2. The molecule has 1 aromatic heterocycles. The Kier molecular flexibility index (Phi) is 3.92. The minimum atomic E-state index is -2.75. The Bertz CT molecular complexity index is 403. The van der Waals surface area contributed by atoms with E-state index in [1.807, 2.05) is 0 Å². The first-order valence-electron chi connectivity index (χ1n) is 3.64. The number of hydrogen-bond acceptors (Lipinski definition) is 3. The van der Waals surface area contributed by atoms with Gasteiger partial charge < -0.3 is 10.1 Å². The fraction of sp³-hybridized carbons (Fsp3) is 0.286. The molecule has 4 nitrogen and oxygen atoms in total. The Balaban J connectivity index is 3.39. The summed E-state index contributed by atoms with van der Waals surface area (Å²) in [4.78, 5) is 13.1. The molecule has 0 spiro atoms. The van der Waals surface area contributed by atoms with Crippen molar-refractivity contribution in [2.75, 3.05) is 0 Å². The van der Waals surface area contributed by atoms with Crippen LogP contribution in [-0.4, -0.2) is 9.91 Å². The van der Waals surface area contributed by atoms with Crippen molar-refractivity contribution in [1.82, 2.24) is 4.98 Å². The highest BCUT2D eigenvalue weighted by molar-refractivity contribution is 9.10. The van der Waals surface area contributed by atoms with Gasteiger partial charge in [0.15, 0.2) is 0 Å². The van der Waals surface area contributed by atoms with Crippen molar-refractivity contribution in [3.63, 3.8) is 0 Å². The van der Waals surface area contributed by atoms with E-state index < -0.39 is 22.7 Å². The topological polar surface area (TPSA) is 56.0 Å². The minimum Gasteiger partial charge on any atom is -0.358 e. The first kappa shape index (κ1) is 12.3. The Morgan fingerprint density at radius 2 is 2.27 bits per heavy atom. The van der Waals surface area contributed by atoms with Crippen LogP contribution in [-0.2, 0) is 5.88 Å². The van der Waals surface area contributed by atoms with Crippen molar-refractivity contribution >= 4 is 33.3 Å². The number of nitrogens with zero attached hydrogens (tertiary/aromatic N) is 2. The summed E-state index contributed by atoms with van der Waals surface area (Å²) in [5.41, 5.74) is -0.448. The van der Waals surface area contributed by atoms with Crippen LogP contribution in [0.5, 0.6) is 0 Å². The number of nitro groups is 1. The number of alkyl halides is 3. The van der Waals surface area contributed by atoms with Gasteiger partial charge in [-0.3, -0.25) is 0 Å². The standard InChI is InChI=1S/C7H4BrClF2N2O2/c8-5-3(1-9)7(13(14)15)12-2-4(5)6(10)11/h2,6H,1H2. The second kappa shape index (κ2) is 4.80. The second-order valence-electron chi connectivity index (χ2n) is 2.52. The normalized spacial score (nSPS) is 10.7. The number of hydrogen-bond donors (Lipinski definition) is 0. The smallest absolute Gasteiger partial charge is 0.358 e. The maximum atomic E-state index is 12.4. The summed E-state index contributed by atoms with van der Waals surface area (Å²) in [6.07, 6.45) is -1.99. The Morgan fingerprint density at radius 3 is 2.67 bits per heavy atom. The molecule has 82 valence electrons. The van der Waals surface area contributed by atoms with E-state index >= 15 is 0 Å². The summed E-state index contributed by atoms with van der Waals surface area (Å²) >= 11 is 8.29. The summed E-state index contributed by atoms with van der Waals surface area (Å²) in [7, 11) is 0. The summed E-state index contributed by atoms with van der Waals surface area (Å²) in [5, 5.41) is 10.5. The number of halogens is 4. The van der Waals surface area contributed by atoms with Gasteiger partial charge in [-0.25, -0.2) is 8.78 Å². The van der Waals surface area contributed by atoms with Crippen LogP contribution >= 0.6 is 27.5 Å². The molecule has 0 saturated heterocycles. The summed E-state index contributed by atoms with van der Waals surface area (Å²) in [6, 6.07) is 0. The maximum absolute atomic E-state index is 12.4. The lowest BCUT2D eigenvalue weighted by atomic mass is 10.2. The third-order valence-corrected chi connectivity index (χ3v) is 2.86. The van der Waals surface area contributed by atoms with Crippen molar-refractivity contribution in [2.24, 2.45) is 0 Å². The second-order valence-corrected chi connectivity index (χ2v) is 3.58. The highest BCUT2D eigenvalue weighted by atomic mass is 79.9. The van der Waals surface area contributed by atoms with E-state index in [9.17, 15) is 18.9 Å². The monoisotopic (exact) mass is 300 g/mol. The Hall–Kier alpha value is -0.820. The molecule has 0 aliphatic rings. The molecule has 15 heavy (non-hydrogen) atoms. The molecule has 0 N–H and O–H groups in total. The van der Waals surface area contributed by atoms with Gasteiger partial charge in [-0.1, -0.05) is 0 Å². The van der Waals surface area contributed by atoms with Crippen LogP contribution in [0, 0.1) is 10.1 Å². The Morgan fingerprint density at radius 1 is 1.67 bits per heavy atom. The number of pyridine rings is 1. The SMILES string of the molecule is O=[N+]([O-])c1ncc(C(F)F)c(Br)c1CCl. The molecular weight excluding hydrogens is 297 g/mol. The molecule has 0 amide bonds. The van der Waals surface area contributed by atoms with E-state index in [1.165, 1.54) is 0 Å². The van der Waals surface area contributed by atoms with Gasteiger partial charge in [0.25, 0.3) is 6.43 Å². The summed E-state index contributed by atoms with van der Waals surface area (Å²) in [5.74, 6) is -0.772. The van der Waals surface area contributed by atoms with Gasteiger partial charge >= 0.3 is 5.82 Å². The molecule has 0 unspecified atom stereocenters. The van der Waals surface area contributed by atoms with Gasteiger partial charge in [0.05, 0.1) is 17.0 Å². The fourth-order valence-electron chi connectivity index (χ4n) is 0.966. The lowest BCUT2D eigenvalue weighted by Crippen LogP contribution is -2.01. The van der Waals surface area contributed by atoms with Crippen LogP contribution in [0.4, 0.5) is 14.6 Å². The summed E-state index contributed by atoms with van der Waals surface area (Å²) < 4.78 is 24.7. The molecule has 0 radical (unpaired) electrons. The van der Waals surface area contributed by atoms with E-state index in [4.69, 9.17) is 11.6 Å². The zero-order valence-corrected chi connectivity index (χ0v) is 9.43. The quantitative estimate of drug-likeness (QED) is 0.488.